The Bertz CT molecular complexity index is 1330. The fourth-order valence-electron chi connectivity index (χ4n) is 4.02. The minimum absolute atomic E-state index is 0.117. The van der Waals surface area contributed by atoms with Gasteiger partial charge in [-0.2, -0.15) is 4.31 Å². The van der Waals surface area contributed by atoms with Crippen molar-refractivity contribution in [3.63, 3.8) is 0 Å². The molecular formula is C23H20FN3O2S. The van der Waals surface area contributed by atoms with E-state index in [1.165, 1.54) is 28.6 Å². The number of pyridine rings is 1. The van der Waals surface area contributed by atoms with Crippen molar-refractivity contribution < 1.29 is 12.8 Å². The van der Waals surface area contributed by atoms with E-state index in [9.17, 15) is 12.8 Å². The average molecular weight is 421 g/mol. The van der Waals surface area contributed by atoms with Gasteiger partial charge < -0.3 is 4.90 Å². The molecule has 0 aliphatic carbocycles. The van der Waals surface area contributed by atoms with E-state index in [1.807, 2.05) is 30.3 Å². The molecule has 30 heavy (non-hydrogen) atoms. The molecule has 1 aliphatic heterocycles. The number of sulfonamides is 1. The van der Waals surface area contributed by atoms with Gasteiger partial charge >= 0.3 is 0 Å². The SMILES string of the molecule is O=S(=O)(c1ccc(F)cc1)N1CCN(c2nc3ccccc3c3ccccc23)CC1. The fraction of sp³-hybridized carbons (Fsp3) is 0.174. The molecule has 0 amide bonds. The van der Waals surface area contributed by atoms with Crippen molar-refractivity contribution in [3.8, 4) is 0 Å². The standard InChI is InChI=1S/C23H20FN3O2S/c24-17-9-11-18(12-10-17)30(28,29)27-15-13-26(14-16-27)23-21-7-2-1-5-19(21)20-6-3-4-8-22(20)25-23/h1-12H,13-16H2. The zero-order valence-corrected chi connectivity index (χ0v) is 17.0. The molecule has 0 atom stereocenters. The third-order valence-electron chi connectivity index (χ3n) is 5.58. The van der Waals surface area contributed by atoms with Crippen LogP contribution in [0.25, 0.3) is 21.7 Å². The molecule has 4 aromatic rings. The van der Waals surface area contributed by atoms with Gasteiger partial charge in [0.1, 0.15) is 11.6 Å². The van der Waals surface area contributed by atoms with E-state index in [0.29, 0.717) is 26.2 Å². The number of anilines is 1. The first-order chi connectivity index (χ1) is 14.5. The monoisotopic (exact) mass is 421 g/mol. The van der Waals surface area contributed by atoms with Gasteiger partial charge in [0.05, 0.1) is 10.4 Å². The first kappa shape index (κ1) is 19.0. The van der Waals surface area contributed by atoms with Crippen LogP contribution in [0.2, 0.25) is 0 Å². The van der Waals surface area contributed by atoms with Gasteiger partial charge in [-0.3, -0.25) is 0 Å². The Labute approximate surface area is 174 Å². The van der Waals surface area contributed by atoms with Crippen LogP contribution in [0.5, 0.6) is 0 Å². The molecule has 7 heteroatoms. The van der Waals surface area contributed by atoms with Crippen LogP contribution < -0.4 is 4.90 Å². The van der Waals surface area contributed by atoms with E-state index >= 15 is 0 Å². The summed E-state index contributed by atoms with van der Waals surface area (Å²) in [5, 5.41) is 3.31. The Hall–Kier alpha value is -3.03. The zero-order valence-electron chi connectivity index (χ0n) is 16.2. The molecule has 1 fully saturated rings. The molecule has 0 N–H and O–H groups in total. The van der Waals surface area contributed by atoms with Crippen LogP contribution in [0.3, 0.4) is 0 Å². The van der Waals surface area contributed by atoms with Crippen LogP contribution >= 0.6 is 0 Å². The number of fused-ring (bicyclic) bond motifs is 3. The first-order valence-corrected chi connectivity index (χ1v) is 11.3. The lowest BCUT2D eigenvalue weighted by molar-refractivity contribution is 0.384. The number of nitrogens with zero attached hydrogens (tertiary/aromatic N) is 3. The molecule has 2 heterocycles. The summed E-state index contributed by atoms with van der Waals surface area (Å²) in [6, 6.07) is 21.2. The van der Waals surface area contributed by atoms with Gasteiger partial charge in [0.2, 0.25) is 10.0 Å². The second-order valence-electron chi connectivity index (χ2n) is 7.34. The summed E-state index contributed by atoms with van der Waals surface area (Å²) < 4.78 is 40.4. The summed E-state index contributed by atoms with van der Waals surface area (Å²) in [5.74, 6) is 0.427. The largest absolute Gasteiger partial charge is 0.353 e. The Kier molecular flexibility index (Phi) is 4.64. The molecule has 1 aliphatic rings. The summed E-state index contributed by atoms with van der Waals surface area (Å²) in [5.41, 5.74) is 0.924. The number of hydrogen-bond acceptors (Lipinski definition) is 4. The Morgan fingerprint density at radius 1 is 0.733 bits per heavy atom. The molecule has 1 saturated heterocycles. The van der Waals surface area contributed by atoms with Gasteiger partial charge in [-0.15, -0.1) is 0 Å². The quantitative estimate of drug-likeness (QED) is 0.469. The van der Waals surface area contributed by atoms with E-state index in [1.54, 1.807) is 0 Å². The van der Waals surface area contributed by atoms with E-state index in [2.05, 4.69) is 23.1 Å². The van der Waals surface area contributed by atoms with Crippen LogP contribution in [0.15, 0.2) is 77.7 Å². The van der Waals surface area contributed by atoms with Gasteiger partial charge in [0.15, 0.2) is 0 Å². The van der Waals surface area contributed by atoms with Crippen LogP contribution in [0, 0.1) is 5.82 Å². The summed E-state index contributed by atoms with van der Waals surface area (Å²) in [4.78, 5) is 7.16. The minimum Gasteiger partial charge on any atom is -0.353 e. The predicted molar refractivity (Wildman–Crippen MR) is 117 cm³/mol. The highest BCUT2D eigenvalue weighted by atomic mass is 32.2. The normalized spacial score (nSPS) is 15.7. The molecule has 0 spiro atoms. The third kappa shape index (κ3) is 3.20. The number of aromatic nitrogens is 1. The highest BCUT2D eigenvalue weighted by Gasteiger charge is 2.29. The van der Waals surface area contributed by atoms with Crippen LogP contribution in [-0.4, -0.2) is 43.9 Å². The summed E-state index contributed by atoms with van der Waals surface area (Å²) in [6.07, 6.45) is 0. The molecule has 3 aromatic carbocycles. The number of benzene rings is 3. The lowest BCUT2D eigenvalue weighted by Gasteiger charge is -2.35. The Morgan fingerprint density at radius 2 is 1.33 bits per heavy atom. The van der Waals surface area contributed by atoms with E-state index in [-0.39, 0.29) is 4.90 Å². The topological polar surface area (TPSA) is 53.5 Å². The van der Waals surface area contributed by atoms with Gasteiger partial charge in [0, 0.05) is 37.0 Å². The van der Waals surface area contributed by atoms with Crippen molar-refractivity contribution in [1.29, 1.82) is 0 Å². The van der Waals surface area contributed by atoms with Crippen molar-refractivity contribution in [3.05, 3.63) is 78.6 Å². The predicted octanol–water partition coefficient (Wildman–Crippen LogP) is 4.04. The highest BCUT2D eigenvalue weighted by Crippen LogP contribution is 2.32. The minimum atomic E-state index is -3.64. The maximum Gasteiger partial charge on any atom is 0.243 e. The smallest absolute Gasteiger partial charge is 0.243 e. The number of halogens is 1. The maximum absolute atomic E-state index is 13.2. The third-order valence-corrected chi connectivity index (χ3v) is 7.49. The molecule has 5 nitrogen and oxygen atoms in total. The van der Waals surface area contributed by atoms with Crippen LogP contribution in [0.4, 0.5) is 10.2 Å². The van der Waals surface area contributed by atoms with Crippen molar-refractivity contribution in [2.45, 2.75) is 4.90 Å². The second kappa shape index (κ2) is 7.34. The van der Waals surface area contributed by atoms with Crippen molar-refractivity contribution in [2.75, 3.05) is 31.1 Å². The molecule has 5 rings (SSSR count). The number of para-hydroxylation sites is 1. The molecule has 0 unspecified atom stereocenters. The van der Waals surface area contributed by atoms with Crippen LogP contribution in [0.1, 0.15) is 0 Å². The molecule has 0 radical (unpaired) electrons. The summed E-state index contributed by atoms with van der Waals surface area (Å²) >= 11 is 0. The lowest BCUT2D eigenvalue weighted by Crippen LogP contribution is -2.49. The van der Waals surface area contributed by atoms with E-state index in [4.69, 9.17) is 4.98 Å². The van der Waals surface area contributed by atoms with Crippen molar-refractivity contribution >= 4 is 37.5 Å². The molecular weight excluding hydrogens is 401 g/mol. The van der Waals surface area contributed by atoms with E-state index in [0.717, 1.165) is 27.5 Å². The number of hydrogen-bond donors (Lipinski definition) is 0. The zero-order chi connectivity index (χ0) is 20.7. The van der Waals surface area contributed by atoms with Gasteiger partial charge in [-0.25, -0.2) is 17.8 Å². The highest BCUT2D eigenvalue weighted by molar-refractivity contribution is 7.89. The average Bonchev–Trinajstić information content (AvgIpc) is 2.79. The van der Waals surface area contributed by atoms with Crippen molar-refractivity contribution in [1.82, 2.24) is 9.29 Å². The van der Waals surface area contributed by atoms with Crippen molar-refractivity contribution in [2.24, 2.45) is 0 Å². The molecule has 1 aromatic heterocycles. The van der Waals surface area contributed by atoms with E-state index < -0.39 is 15.8 Å². The fourth-order valence-corrected chi connectivity index (χ4v) is 5.45. The maximum atomic E-state index is 13.2. The molecule has 152 valence electrons. The van der Waals surface area contributed by atoms with Gasteiger partial charge in [0.25, 0.3) is 0 Å². The first-order valence-electron chi connectivity index (χ1n) is 9.82. The molecule has 0 saturated carbocycles. The summed E-state index contributed by atoms with van der Waals surface area (Å²) in [7, 11) is -3.64. The lowest BCUT2D eigenvalue weighted by atomic mass is 10.1. The number of rotatable bonds is 3. The van der Waals surface area contributed by atoms with Gasteiger partial charge in [-0.05, 0) is 35.7 Å². The Morgan fingerprint density at radius 3 is 2.03 bits per heavy atom. The van der Waals surface area contributed by atoms with Gasteiger partial charge in [-0.1, -0.05) is 42.5 Å². The van der Waals surface area contributed by atoms with Crippen LogP contribution in [-0.2, 0) is 10.0 Å². The Balaban J connectivity index is 1.45. The number of piperazine rings is 1. The molecule has 0 bridgehead atoms. The second-order valence-corrected chi connectivity index (χ2v) is 9.28. The summed E-state index contributed by atoms with van der Waals surface area (Å²) in [6.45, 7) is 1.77.